The topological polar surface area (TPSA) is 21.3 Å². The van der Waals surface area contributed by atoms with E-state index in [2.05, 4.69) is 36.7 Å². The lowest BCUT2D eigenvalue weighted by atomic mass is 10.1. The van der Waals surface area contributed by atoms with Crippen LogP contribution in [0, 0.1) is 0 Å². The molecule has 0 aliphatic carbocycles. The lowest BCUT2D eigenvalue weighted by molar-refractivity contribution is 0.00754. The zero-order valence-electron chi connectivity index (χ0n) is 8.04. The van der Waals surface area contributed by atoms with Crippen LogP contribution in [0.25, 0.3) is 0 Å². The van der Waals surface area contributed by atoms with E-state index in [4.69, 9.17) is 4.74 Å². The molecule has 13 heavy (non-hydrogen) atoms. The molecule has 72 valence electrons. The minimum atomic E-state index is -0.149. The number of rotatable bonds is 2. The van der Waals surface area contributed by atoms with Crippen molar-refractivity contribution < 1.29 is 4.74 Å². The monoisotopic (exact) mass is 197 g/mol. The second-order valence-electron chi connectivity index (χ2n) is 3.84. The van der Waals surface area contributed by atoms with E-state index < -0.39 is 0 Å². The van der Waals surface area contributed by atoms with Gasteiger partial charge in [-0.15, -0.1) is 11.3 Å². The Hall–Kier alpha value is -0.380. The van der Waals surface area contributed by atoms with Gasteiger partial charge in [0, 0.05) is 17.3 Å². The lowest BCUT2D eigenvalue weighted by Gasteiger charge is -2.23. The first-order valence-corrected chi connectivity index (χ1v) is 5.50. The van der Waals surface area contributed by atoms with Gasteiger partial charge in [0.15, 0.2) is 0 Å². The number of thiophene rings is 1. The summed E-state index contributed by atoms with van der Waals surface area (Å²) in [4.78, 5) is 1.38. The summed E-state index contributed by atoms with van der Waals surface area (Å²) < 4.78 is 5.72. The highest BCUT2D eigenvalue weighted by Crippen LogP contribution is 2.23. The van der Waals surface area contributed by atoms with Gasteiger partial charge in [0.05, 0.1) is 6.61 Å². The van der Waals surface area contributed by atoms with Gasteiger partial charge in [-0.25, -0.2) is 0 Å². The Morgan fingerprint density at radius 2 is 2.62 bits per heavy atom. The maximum atomic E-state index is 5.72. The van der Waals surface area contributed by atoms with Crippen molar-refractivity contribution in [1.82, 2.24) is 5.32 Å². The van der Waals surface area contributed by atoms with Crippen molar-refractivity contribution in [2.24, 2.45) is 0 Å². The first-order valence-electron chi connectivity index (χ1n) is 4.62. The highest BCUT2D eigenvalue weighted by atomic mass is 32.1. The van der Waals surface area contributed by atoms with E-state index in [9.17, 15) is 0 Å². The van der Waals surface area contributed by atoms with Gasteiger partial charge in [-0.2, -0.15) is 0 Å². The summed E-state index contributed by atoms with van der Waals surface area (Å²) in [6.45, 7) is 5.10. The van der Waals surface area contributed by atoms with Crippen molar-refractivity contribution >= 4 is 11.3 Å². The minimum Gasteiger partial charge on any atom is -0.359 e. The maximum absolute atomic E-state index is 5.72. The molecule has 0 radical (unpaired) electrons. The summed E-state index contributed by atoms with van der Waals surface area (Å²) in [6, 6.07) is 4.72. The maximum Gasteiger partial charge on any atom is 0.121 e. The molecule has 2 atom stereocenters. The molecule has 1 saturated heterocycles. The van der Waals surface area contributed by atoms with Crippen LogP contribution in [0.2, 0.25) is 0 Å². The average molecular weight is 197 g/mol. The van der Waals surface area contributed by atoms with Gasteiger partial charge in [0.2, 0.25) is 0 Å². The Balaban J connectivity index is 2.01. The Bertz CT molecular complexity index is 272. The lowest BCUT2D eigenvalue weighted by Crippen LogP contribution is -2.42. The van der Waals surface area contributed by atoms with Crippen LogP contribution < -0.4 is 5.32 Å². The van der Waals surface area contributed by atoms with Crippen LogP contribution >= 0.6 is 11.3 Å². The van der Waals surface area contributed by atoms with E-state index in [0.717, 1.165) is 13.0 Å². The molecule has 0 spiro atoms. The van der Waals surface area contributed by atoms with Gasteiger partial charge in [-0.05, 0) is 25.3 Å². The Morgan fingerprint density at radius 1 is 1.77 bits per heavy atom. The van der Waals surface area contributed by atoms with E-state index in [1.807, 2.05) is 0 Å². The van der Waals surface area contributed by atoms with Crippen molar-refractivity contribution in [2.75, 3.05) is 6.61 Å². The number of hydrogen-bond donors (Lipinski definition) is 1. The molecule has 0 aromatic carbocycles. The van der Waals surface area contributed by atoms with Gasteiger partial charge in [-0.3, -0.25) is 5.32 Å². The summed E-state index contributed by atoms with van der Waals surface area (Å²) in [5.41, 5.74) is -0.149. The van der Waals surface area contributed by atoms with Crippen LogP contribution in [0.4, 0.5) is 0 Å². The molecule has 1 fully saturated rings. The summed E-state index contributed by atoms with van der Waals surface area (Å²) in [6.07, 6.45) is 0.967. The van der Waals surface area contributed by atoms with Crippen LogP contribution in [-0.4, -0.2) is 18.4 Å². The minimum absolute atomic E-state index is 0.149. The fourth-order valence-electron chi connectivity index (χ4n) is 1.76. The molecule has 3 heteroatoms. The Kier molecular flexibility index (Phi) is 2.41. The molecule has 1 aliphatic rings. The second-order valence-corrected chi connectivity index (χ2v) is 4.88. The third kappa shape index (κ3) is 2.10. The molecule has 2 heterocycles. The highest BCUT2D eigenvalue weighted by Gasteiger charge is 2.33. The molecule has 1 aromatic rings. The quantitative estimate of drug-likeness (QED) is 0.783. The zero-order chi connectivity index (χ0) is 9.31. The van der Waals surface area contributed by atoms with Crippen LogP contribution in [0.5, 0.6) is 0 Å². The largest absolute Gasteiger partial charge is 0.359 e. The van der Waals surface area contributed by atoms with E-state index >= 15 is 0 Å². The van der Waals surface area contributed by atoms with Crippen LogP contribution in [-0.2, 0) is 11.2 Å². The van der Waals surface area contributed by atoms with Crippen molar-refractivity contribution in [3.05, 3.63) is 22.4 Å². The molecule has 1 aromatic heterocycles. The first-order chi connectivity index (χ1) is 6.18. The third-order valence-corrected chi connectivity index (χ3v) is 3.17. The normalized spacial score (nSPS) is 33.8. The molecule has 1 aliphatic heterocycles. The SMILES string of the molecule is CC1COC(C)(Cc2cccs2)N1. The number of hydrogen-bond acceptors (Lipinski definition) is 3. The third-order valence-electron chi connectivity index (χ3n) is 2.30. The molecule has 2 rings (SSSR count). The average Bonchev–Trinajstić information content (AvgIpc) is 2.62. The van der Waals surface area contributed by atoms with E-state index in [-0.39, 0.29) is 5.72 Å². The fraction of sp³-hybridized carbons (Fsp3) is 0.600. The summed E-state index contributed by atoms with van der Waals surface area (Å²) in [7, 11) is 0. The van der Waals surface area contributed by atoms with Crippen molar-refractivity contribution in [3.8, 4) is 0 Å². The van der Waals surface area contributed by atoms with Gasteiger partial charge < -0.3 is 4.74 Å². The second kappa shape index (κ2) is 3.40. The Morgan fingerprint density at radius 3 is 3.15 bits per heavy atom. The molecule has 0 saturated carbocycles. The van der Waals surface area contributed by atoms with E-state index in [1.165, 1.54) is 4.88 Å². The predicted octanol–water partition coefficient (Wildman–Crippen LogP) is 2.02. The summed E-state index contributed by atoms with van der Waals surface area (Å²) in [5, 5.41) is 5.56. The molecule has 2 unspecified atom stereocenters. The summed E-state index contributed by atoms with van der Waals surface area (Å²) in [5.74, 6) is 0. The standard InChI is InChI=1S/C10H15NOS/c1-8-7-12-10(2,11-8)6-9-4-3-5-13-9/h3-5,8,11H,6-7H2,1-2H3. The molecule has 0 amide bonds. The van der Waals surface area contributed by atoms with Gasteiger partial charge in [-0.1, -0.05) is 6.07 Å². The molecule has 1 N–H and O–H groups in total. The summed E-state index contributed by atoms with van der Waals surface area (Å²) >= 11 is 1.79. The number of nitrogens with one attached hydrogen (secondary N) is 1. The van der Waals surface area contributed by atoms with Crippen LogP contribution in [0.15, 0.2) is 17.5 Å². The van der Waals surface area contributed by atoms with Crippen molar-refractivity contribution in [2.45, 2.75) is 32.0 Å². The van der Waals surface area contributed by atoms with E-state index in [1.54, 1.807) is 11.3 Å². The van der Waals surface area contributed by atoms with Crippen molar-refractivity contribution in [3.63, 3.8) is 0 Å². The smallest absolute Gasteiger partial charge is 0.121 e. The number of ether oxygens (including phenoxy) is 1. The predicted molar refractivity (Wildman–Crippen MR) is 55.0 cm³/mol. The first kappa shape index (κ1) is 9.19. The Labute approximate surface area is 82.9 Å². The van der Waals surface area contributed by atoms with Gasteiger partial charge in [0.25, 0.3) is 0 Å². The van der Waals surface area contributed by atoms with Crippen molar-refractivity contribution in [1.29, 1.82) is 0 Å². The highest BCUT2D eigenvalue weighted by molar-refractivity contribution is 7.09. The molecular weight excluding hydrogens is 182 g/mol. The molecular formula is C10H15NOS. The van der Waals surface area contributed by atoms with E-state index in [0.29, 0.717) is 6.04 Å². The van der Waals surface area contributed by atoms with Crippen LogP contribution in [0.1, 0.15) is 18.7 Å². The fourth-order valence-corrected chi connectivity index (χ4v) is 2.61. The zero-order valence-corrected chi connectivity index (χ0v) is 8.86. The molecule has 2 nitrogen and oxygen atoms in total. The van der Waals surface area contributed by atoms with Crippen LogP contribution in [0.3, 0.4) is 0 Å². The van der Waals surface area contributed by atoms with Gasteiger partial charge >= 0.3 is 0 Å². The van der Waals surface area contributed by atoms with Gasteiger partial charge in [0.1, 0.15) is 5.72 Å². The molecule has 0 bridgehead atoms.